The molecule has 0 aliphatic rings. The van der Waals surface area contributed by atoms with Gasteiger partial charge in [0, 0.05) is 6.07 Å². The predicted molar refractivity (Wildman–Crippen MR) is 63.4 cm³/mol. The van der Waals surface area contributed by atoms with E-state index in [9.17, 15) is 22.4 Å². The Balaban J connectivity index is 2.54. The normalized spacial score (nSPS) is 10.7. The van der Waals surface area contributed by atoms with Crippen molar-refractivity contribution in [3.8, 4) is 0 Å². The minimum Gasteiger partial charge on any atom is -0.478 e. The summed E-state index contributed by atoms with van der Waals surface area (Å²) in [6, 6.07) is 0.0614. The molecule has 0 radical (unpaired) electrons. The van der Waals surface area contributed by atoms with E-state index in [4.69, 9.17) is 5.11 Å². The molecule has 9 heteroatoms. The van der Waals surface area contributed by atoms with Crippen molar-refractivity contribution in [1.29, 1.82) is 0 Å². The Morgan fingerprint density at radius 1 is 1.25 bits per heavy atom. The van der Waals surface area contributed by atoms with Gasteiger partial charge in [0.15, 0.2) is 23.3 Å². The number of nitrogens with one attached hydrogen (secondary N) is 1. The number of aromatic carboxylic acids is 1. The van der Waals surface area contributed by atoms with Crippen molar-refractivity contribution in [2.24, 2.45) is 0 Å². The minimum absolute atomic E-state index is 0.0614. The average molecular weight is 306 g/mol. The van der Waals surface area contributed by atoms with Gasteiger partial charge in [-0.05, 0) is 18.5 Å². The van der Waals surface area contributed by atoms with Crippen LogP contribution >= 0.6 is 11.5 Å². The van der Waals surface area contributed by atoms with E-state index in [1.807, 2.05) is 5.32 Å². The van der Waals surface area contributed by atoms with Gasteiger partial charge in [-0.15, -0.1) is 0 Å². The summed E-state index contributed by atoms with van der Waals surface area (Å²) in [6.45, 7) is 1.38. The van der Waals surface area contributed by atoms with Crippen molar-refractivity contribution in [2.45, 2.75) is 6.92 Å². The highest BCUT2D eigenvalue weighted by Crippen LogP contribution is 2.32. The van der Waals surface area contributed by atoms with Crippen molar-refractivity contribution in [2.75, 3.05) is 5.32 Å². The molecule has 1 aromatic heterocycles. The first-order valence-corrected chi connectivity index (χ1v) is 5.89. The number of halogens is 4. The molecule has 0 atom stereocenters. The number of aromatic nitrogens is 1. The molecule has 0 aliphatic carbocycles. The summed E-state index contributed by atoms with van der Waals surface area (Å²) in [7, 11) is 0. The summed E-state index contributed by atoms with van der Waals surface area (Å²) in [5.74, 6) is -7.86. The molecule has 0 bridgehead atoms. The smallest absolute Gasteiger partial charge is 0.340 e. The van der Waals surface area contributed by atoms with Crippen LogP contribution in [0.1, 0.15) is 16.1 Å². The molecule has 0 spiro atoms. The van der Waals surface area contributed by atoms with Gasteiger partial charge in [-0.3, -0.25) is 0 Å². The van der Waals surface area contributed by atoms with Crippen molar-refractivity contribution < 1.29 is 27.5 Å². The van der Waals surface area contributed by atoms with Crippen LogP contribution in [0.25, 0.3) is 0 Å². The molecular weight excluding hydrogens is 300 g/mol. The van der Waals surface area contributed by atoms with Crippen LogP contribution in [0.4, 0.5) is 28.3 Å². The van der Waals surface area contributed by atoms with Gasteiger partial charge in [-0.25, -0.2) is 22.4 Å². The lowest BCUT2D eigenvalue weighted by atomic mass is 10.2. The number of benzene rings is 1. The molecule has 0 saturated heterocycles. The molecule has 0 fully saturated rings. The van der Waals surface area contributed by atoms with Gasteiger partial charge in [0.2, 0.25) is 0 Å². The summed E-state index contributed by atoms with van der Waals surface area (Å²) in [4.78, 5) is 11.0. The summed E-state index contributed by atoms with van der Waals surface area (Å²) < 4.78 is 56.7. The van der Waals surface area contributed by atoms with Gasteiger partial charge < -0.3 is 10.4 Å². The van der Waals surface area contributed by atoms with Gasteiger partial charge in [0.05, 0.1) is 5.69 Å². The fraction of sp³-hybridized carbons (Fsp3) is 0.0909. The predicted octanol–water partition coefficient (Wildman–Crippen LogP) is 3.45. The van der Waals surface area contributed by atoms with Crippen molar-refractivity contribution >= 4 is 28.2 Å². The van der Waals surface area contributed by atoms with Crippen LogP contribution in [-0.2, 0) is 0 Å². The number of hydrogen-bond donors (Lipinski definition) is 2. The van der Waals surface area contributed by atoms with E-state index in [2.05, 4.69) is 4.37 Å². The Labute approximate surface area is 113 Å². The molecule has 106 valence electrons. The van der Waals surface area contributed by atoms with Crippen LogP contribution in [0, 0.1) is 30.2 Å². The Kier molecular flexibility index (Phi) is 3.62. The zero-order valence-electron chi connectivity index (χ0n) is 9.80. The summed E-state index contributed by atoms with van der Waals surface area (Å²) >= 11 is 0.608. The minimum atomic E-state index is -1.65. The number of hydrogen-bond acceptors (Lipinski definition) is 4. The second kappa shape index (κ2) is 5.08. The number of carboxylic acids is 1. The van der Waals surface area contributed by atoms with Gasteiger partial charge in [0.1, 0.15) is 16.3 Å². The molecule has 2 rings (SSSR count). The highest BCUT2D eigenvalue weighted by atomic mass is 32.1. The second-order valence-corrected chi connectivity index (χ2v) is 4.52. The maximum absolute atomic E-state index is 13.5. The quantitative estimate of drug-likeness (QED) is 0.673. The third kappa shape index (κ3) is 2.31. The summed E-state index contributed by atoms with van der Waals surface area (Å²) in [5.41, 5.74) is -1.31. The van der Waals surface area contributed by atoms with E-state index in [0.717, 1.165) is 0 Å². The van der Waals surface area contributed by atoms with Crippen LogP contribution in [0.5, 0.6) is 0 Å². The van der Waals surface area contributed by atoms with Crippen molar-refractivity contribution in [3.63, 3.8) is 0 Å². The van der Waals surface area contributed by atoms with Crippen molar-refractivity contribution in [1.82, 2.24) is 4.37 Å². The van der Waals surface area contributed by atoms with E-state index in [-0.39, 0.29) is 22.3 Å². The number of nitrogens with zero attached hydrogens (tertiary/aromatic N) is 1. The van der Waals surface area contributed by atoms with Gasteiger partial charge in [0.25, 0.3) is 0 Å². The fourth-order valence-corrected chi connectivity index (χ4v) is 2.30. The monoisotopic (exact) mass is 306 g/mol. The van der Waals surface area contributed by atoms with E-state index in [1.54, 1.807) is 0 Å². The maximum atomic E-state index is 13.5. The van der Waals surface area contributed by atoms with Gasteiger partial charge >= 0.3 is 5.97 Å². The molecule has 0 unspecified atom stereocenters. The van der Waals surface area contributed by atoms with Gasteiger partial charge in [-0.1, -0.05) is 0 Å². The number of rotatable bonds is 3. The highest BCUT2D eigenvalue weighted by Gasteiger charge is 2.23. The van der Waals surface area contributed by atoms with E-state index >= 15 is 0 Å². The number of carboxylic acid groups (broad SMARTS) is 1. The van der Waals surface area contributed by atoms with Gasteiger partial charge in [-0.2, -0.15) is 4.37 Å². The van der Waals surface area contributed by atoms with Crippen LogP contribution in [-0.4, -0.2) is 15.4 Å². The SMILES string of the molecule is Cc1nsc(Nc2c(F)c(F)cc(F)c2F)c1C(=O)O. The first-order valence-electron chi connectivity index (χ1n) is 5.12. The molecule has 0 amide bonds. The van der Waals surface area contributed by atoms with Crippen LogP contribution in [0.3, 0.4) is 0 Å². The van der Waals surface area contributed by atoms with E-state index < -0.39 is 34.9 Å². The highest BCUT2D eigenvalue weighted by molar-refractivity contribution is 7.10. The topological polar surface area (TPSA) is 62.2 Å². The lowest BCUT2D eigenvalue weighted by Crippen LogP contribution is -2.06. The zero-order chi connectivity index (χ0) is 15.0. The molecular formula is C11H6F4N2O2S. The Morgan fingerprint density at radius 3 is 2.30 bits per heavy atom. The standard InChI is InChI=1S/C11H6F4N2O2S/c1-3-6(11(18)19)10(20-17-3)16-9-7(14)4(12)2-5(13)8(9)15/h2,16H,1H3,(H,18,19). The van der Waals surface area contributed by atoms with Crippen LogP contribution < -0.4 is 5.32 Å². The lowest BCUT2D eigenvalue weighted by molar-refractivity contribution is 0.0697. The molecule has 1 heterocycles. The maximum Gasteiger partial charge on any atom is 0.340 e. The third-order valence-corrected chi connectivity index (χ3v) is 3.28. The Morgan fingerprint density at radius 2 is 1.80 bits per heavy atom. The average Bonchev–Trinajstić information content (AvgIpc) is 2.73. The number of carbonyl (C=O) groups is 1. The summed E-state index contributed by atoms with van der Waals surface area (Å²) in [6.07, 6.45) is 0. The Bertz CT molecular complexity index is 676. The van der Waals surface area contributed by atoms with Crippen LogP contribution in [0.2, 0.25) is 0 Å². The molecule has 2 N–H and O–H groups in total. The first kappa shape index (κ1) is 14.3. The van der Waals surface area contributed by atoms with E-state index in [1.165, 1.54) is 6.92 Å². The Hall–Kier alpha value is -2.16. The molecule has 0 aliphatic heterocycles. The second-order valence-electron chi connectivity index (χ2n) is 3.75. The molecule has 20 heavy (non-hydrogen) atoms. The first-order chi connectivity index (χ1) is 9.32. The number of aryl methyl sites for hydroxylation is 1. The van der Waals surface area contributed by atoms with Crippen LogP contribution in [0.15, 0.2) is 6.07 Å². The number of anilines is 2. The van der Waals surface area contributed by atoms with Crippen molar-refractivity contribution in [3.05, 3.63) is 40.6 Å². The summed E-state index contributed by atoms with van der Waals surface area (Å²) in [5, 5.41) is 10.8. The van der Waals surface area contributed by atoms with E-state index in [0.29, 0.717) is 11.5 Å². The lowest BCUT2D eigenvalue weighted by Gasteiger charge is -2.08. The zero-order valence-corrected chi connectivity index (χ0v) is 10.6. The molecule has 1 aromatic carbocycles. The molecule has 2 aromatic rings. The molecule has 4 nitrogen and oxygen atoms in total. The third-order valence-electron chi connectivity index (χ3n) is 2.43. The largest absolute Gasteiger partial charge is 0.478 e. The fourth-order valence-electron chi connectivity index (χ4n) is 1.50. The molecule has 0 saturated carbocycles.